The van der Waals surface area contributed by atoms with Gasteiger partial charge < -0.3 is 42.7 Å². The fourth-order valence-corrected chi connectivity index (χ4v) is 4.81. The molecule has 6 radical (unpaired) electrons. The molecular weight excluding hydrogens is 441 g/mol. The molecule has 0 bridgehead atoms. The van der Waals surface area contributed by atoms with Crippen LogP contribution in [0.25, 0.3) is 0 Å². The predicted octanol–water partition coefficient (Wildman–Crippen LogP) is -0.102. The van der Waals surface area contributed by atoms with Crippen molar-refractivity contribution in [2.45, 2.75) is 81.8 Å². The van der Waals surface area contributed by atoms with Crippen LogP contribution in [0.1, 0.15) is 27.2 Å². The lowest BCUT2D eigenvalue weighted by Crippen LogP contribution is -2.36. The SMILES string of the molecule is [B]C1OC(COCOC2C(COCOC3C(CC=O)OC([B])C3C)OC([B])C2C)C(OC)C1C. The first kappa shape index (κ1) is 28.1. The van der Waals surface area contributed by atoms with Gasteiger partial charge in [0.1, 0.15) is 55.6 Å². The van der Waals surface area contributed by atoms with Crippen LogP contribution in [0.15, 0.2) is 0 Å². The summed E-state index contributed by atoms with van der Waals surface area (Å²) in [5.74, 6) is -0.0379. The van der Waals surface area contributed by atoms with Crippen LogP contribution in [-0.4, -0.2) is 118 Å². The van der Waals surface area contributed by atoms with Gasteiger partial charge in [-0.3, -0.25) is 0 Å². The van der Waals surface area contributed by atoms with E-state index in [0.717, 1.165) is 6.29 Å². The molecule has 3 heterocycles. The molecule has 34 heavy (non-hydrogen) atoms. The highest BCUT2D eigenvalue weighted by Crippen LogP contribution is 2.31. The van der Waals surface area contributed by atoms with Crippen LogP contribution in [0, 0.1) is 17.8 Å². The maximum absolute atomic E-state index is 10.9. The normalized spacial score (nSPS) is 44.6. The highest BCUT2D eigenvalue weighted by molar-refractivity contribution is 6.11. The van der Waals surface area contributed by atoms with E-state index in [4.69, 9.17) is 61.4 Å². The fourth-order valence-electron chi connectivity index (χ4n) is 4.81. The van der Waals surface area contributed by atoms with Gasteiger partial charge in [-0.25, -0.2) is 0 Å². The molecule has 3 rings (SSSR count). The molecule has 0 amide bonds. The van der Waals surface area contributed by atoms with Gasteiger partial charge in [-0.15, -0.1) is 0 Å². The van der Waals surface area contributed by atoms with Gasteiger partial charge in [0, 0.05) is 49.3 Å². The van der Waals surface area contributed by atoms with Crippen molar-refractivity contribution in [2.75, 3.05) is 33.9 Å². The van der Waals surface area contributed by atoms with E-state index in [-0.39, 0.29) is 87.0 Å². The molecule has 186 valence electrons. The number of methoxy groups -OCH3 is 1. The van der Waals surface area contributed by atoms with E-state index in [1.54, 1.807) is 7.11 Å². The zero-order valence-electron chi connectivity index (χ0n) is 20.4. The number of rotatable bonds is 13. The Morgan fingerprint density at radius 2 is 1.12 bits per heavy atom. The molecule has 0 aromatic rings. The summed E-state index contributed by atoms with van der Waals surface area (Å²) < 4.78 is 45.7. The predicted molar refractivity (Wildman–Crippen MR) is 124 cm³/mol. The Labute approximate surface area is 206 Å². The van der Waals surface area contributed by atoms with Crippen LogP contribution in [0.4, 0.5) is 0 Å². The summed E-state index contributed by atoms with van der Waals surface area (Å²) in [7, 11) is 19.6. The smallest absolute Gasteiger partial charge is 0.147 e. The largest absolute Gasteiger partial charge is 0.381 e. The molecule has 0 aliphatic carbocycles. The van der Waals surface area contributed by atoms with Gasteiger partial charge in [0.2, 0.25) is 0 Å². The summed E-state index contributed by atoms with van der Waals surface area (Å²) in [5.41, 5.74) is 0. The summed E-state index contributed by atoms with van der Waals surface area (Å²) >= 11 is 0. The summed E-state index contributed by atoms with van der Waals surface area (Å²) in [6.45, 7) is 6.42. The number of ether oxygens (including phenoxy) is 8. The first-order chi connectivity index (χ1) is 16.3. The minimum Gasteiger partial charge on any atom is -0.381 e. The zero-order chi connectivity index (χ0) is 24.8. The topological polar surface area (TPSA) is 90.9 Å². The lowest BCUT2D eigenvalue weighted by atomic mass is 9.86. The average molecular weight is 476 g/mol. The molecule has 0 aromatic carbocycles. The molecule has 12 unspecified atom stereocenters. The first-order valence-electron chi connectivity index (χ1n) is 11.9. The fraction of sp³-hybridized carbons (Fsp3) is 0.955. The van der Waals surface area contributed by atoms with Crippen LogP contribution in [0.2, 0.25) is 0 Å². The van der Waals surface area contributed by atoms with Crippen LogP contribution in [-0.2, 0) is 42.7 Å². The third-order valence-electron chi connectivity index (χ3n) is 7.06. The van der Waals surface area contributed by atoms with E-state index in [1.807, 2.05) is 20.8 Å². The highest BCUT2D eigenvalue weighted by Gasteiger charge is 2.42. The number of carbonyl (C=O) groups is 1. The van der Waals surface area contributed by atoms with Crippen molar-refractivity contribution in [3.63, 3.8) is 0 Å². The van der Waals surface area contributed by atoms with E-state index in [2.05, 4.69) is 0 Å². The van der Waals surface area contributed by atoms with Crippen molar-refractivity contribution in [1.82, 2.24) is 0 Å². The molecule has 12 atom stereocenters. The maximum Gasteiger partial charge on any atom is 0.147 e. The van der Waals surface area contributed by atoms with Crippen molar-refractivity contribution < 1.29 is 42.7 Å². The Kier molecular flexibility index (Phi) is 10.9. The molecule has 0 spiro atoms. The van der Waals surface area contributed by atoms with Gasteiger partial charge in [-0.1, -0.05) is 20.8 Å². The molecule has 3 fully saturated rings. The number of aldehydes is 1. The van der Waals surface area contributed by atoms with E-state index in [1.165, 1.54) is 0 Å². The van der Waals surface area contributed by atoms with Gasteiger partial charge >= 0.3 is 0 Å². The average Bonchev–Trinajstić information content (AvgIpc) is 3.35. The number of hydrogen-bond donors (Lipinski definition) is 0. The molecule has 0 aromatic heterocycles. The second kappa shape index (κ2) is 13.2. The molecule has 0 N–H and O–H groups in total. The third kappa shape index (κ3) is 6.65. The Morgan fingerprint density at radius 3 is 1.59 bits per heavy atom. The van der Waals surface area contributed by atoms with Gasteiger partial charge in [0.25, 0.3) is 0 Å². The van der Waals surface area contributed by atoms with Crippen LogP contribution in [0.3, 0.4) is 0 Å². The molecule has 3 aliphatic heterocycles. The Bertz CT molecular complexity index is 632. The summed E-state index contributed by atoms with van der Waals surface area (Å²) in [4.78, 5) is 10.9. The maximum atomic E-state index is 10.9. The lowest BCUT2D eigenvalue weighted by molar-refractivity contribution is -0.162. The lowest BCUT2D eigenvalue weighted by Gasteiger charge is -2.24. The Morgan fingerprint density at radius 1 is 0.706 bits per heavy atom. The van der Waals surface area contributed by atoms with Gasteiger partial charge in [-0.2, -0.15) is 0 Å². The summed E-state index contributed by atoms with van der Waals surface area (Å²) in [6.07, 6.45) is -0.771. The Hall–Kier alpha value is -0.455. The van der Waals surface area contributed by atoms with Crippen molar-refractivity contribution in [2.24, 2.45) is 17.8 Å². The van der Waals surface area contributed by atoms with Gasteiger partial charge in [0.05, 0.1) is 37.6 Å². The molecule has 3 aliphatic rings. The number of carbonyl (C=O) groups excluding carboxylic acids is 1. The van der Waals surface area contributed by atoms with E-state index < -0.39 is 12.0 Å². The standard InChI is InChI=1S/C22H35B3O9/c1-11-17(27-4)15(33-20(11)23)7-28-10-31-19-13(3)22(25)34-16(19)8-29-9-30-18-12(2)21(24)32-14(18)5-6-26/h6,11-22H,5,7-10H2,1-4H3. The summed E-state index contributed by atoms with van der Waals surface area (Å²) in [6, 6.07) is -1.34. The highest BCUT2D eigenvalue weighted by atomic mass is 16.7. The van der Waals surface area contributed by atoms with Crippen LogP contribution >= 0.6 is 0 Å². The molecule has 3 saturated heterocycles. The van der Waals surface area contributed by atoms with Crippen molar-refractivity contribution in [3.8, 4) is 0 Å². The molecule has 12 heteroatoms. The first-order valence-corrected chi connectivity index (χ1v) is 11.9. The van der Waals surface area contributed by atoms with Crippen molar-refractivity contribution >= 4 is 29.8 Å². The van der Waals surface area contributed by atoms with Gasteiger partial charge in [-0.05, 0) is 0 Å². The van der Waals surface area contributed by atoms with Crippen LogP contribution < -0.4 is 0 Å². The van der Waals surface area contributed by atoms with Crippen molar-refractivity contribution in [3.05, 3.63) is 0 Å². The minimum atomic E-state index is -0.479. The molecule has 9 nitrogen and oxygen atoms in total. The monoisotopic (exact) mass is 476 g/mol. The Balaban J connectivity index is 1.39. The quantitative estimate of drug-likeness (QED) is 0.157. The van der Waals surface area contributed by atoms with E-state index in [0.29, 0.717) is 6.61 Å². The second-order valence-electron chi connectivity index (χ2n) is 9.34. The van der Waals surface area contributed by atoms with Crippen LogP contribution in [0.5, 0.6) is 0 Å². The zero-order valence-corrected chi connectivity index (χ0v) is 20.4. The minimum absolute atomic E-state index is 0.00298. The summed E-state index contributed by atoms with van der Waals surface area (Å²) in [5, 5.41) is 0. The van der Waals surface area contributed by atoms with Crippen molar-refractivity contribution in [1.29, 1.82) is 0 Å². The van der Waals surface area contributed by atoms with Gasteiger partial charge in [0.15, 0.2) is 0 Å². The molecule has 0 saturated carbocycles. The van der Waals surface area contributed by atoms with E-state index >= 15 is 0 Å². The molecular formula is C22H35B3O9. The third-order valence-corrected chi connectivity index (χ3v) is 7.06. The second-order valence-corrected chi connectivity index (χ2v) is 9.34. The van der Waals surface area contributed by atoms with E-state index in [9.17, 15) is 4.79 Å². The number of hydrogen-bond acceptors (Lipinski definition) is 9.